The lowest BCUT2D eigenvalue weighted by molar-refractivity contribution is -0.0330. The summed E-state index contributed by atoms with van der Waals surface area (Å²) in [4.78, 5) is 0. The van der Waals surface area contributed by atoms with Crippen molar-refractivity contribution >= 4 is 0 Å². The first-order valence-corrected chi connectivity index (χ1v) is 6.67. The Balaban J connectivity index is 1.86. The zero-order valence-corrected chi connectivity index (χ0v) is 10.8. The fourth-order valence-electron chi connectivity index (χ4n) is 3.21. The van der Waals surface area contributed by atoms with E-state index in [4.69, 9.17) is 9.47 Å². The van der Waals surface area contributed by atoms with Crippen molar-refractivity contribution in [2.75, 3.05) is 20.3 Å². The second kappa shape index (κ2) is 4.56. The van der Waals surface area contributed by atoms with Crippen LogP contribution in [0.15, 0.2) is 18.2 Å². The lowest BCUT2D eigenvalue weighted by atomic mass is 9.73. The van der Waals surface area contributed by atoms with E-state index in [1.165, 1.54) is 11.1 Å². The SMILES string of the molecule is COc1ccc2c(c1)CC(O)(C1CCOC1)CC2. The third kappa shape index (κ3) is 2.02. The Labute approximate surface area is 108 Å². The third-order valence-electron chi connectivity index (χ3n) is 4.43. The molecule has 1 aromatic carbocycles. The van der Waals surface area contributed by atoms with E-state index in [0.717, 1.165) is 38.0 Å². The van der Waals surface area contributed by atoms with Crippen molar-refractivity contribution in [1.82, 2.24) is 0 Å². The Hall–Kier alpha value is -1.06. The summed E-state index contributed by atoms with van der Waals surface area (Å²) in [5.41, 5.74) is 1.99. The minimum Gasteiger partial charge on any atom is -0.497 e. The van der Waals surface area contributed by atoms with Crippen LogP contribution in [-0.4, -0.2) is 31.0 Å². The number of benzene rings is 1. The Morgan fingerprint density at radius 3 is 3.00 bits per heavy atom. The van der Waals surface area contributed by atoms with Gasteiger partial charge in [-0.05, 0) is 42.5 Å². The highest BCUT2D eigenvalue weighted by Gasteiger charge is 2.41. The van der Waals surface area contributed by atoms with E-state index in [-0.39, 0.29) is 5.92 Å². The van der Waals surface area contributed by atoms with Gasteiger partial charge in [0.2, 0.25) is 0 Å². The second-order valence-corrected chi connectivity index (χ2v) is 5.48. The van der Waals surface area contributed by atoms with Gasteiger partial charge in [-0.2, -0.15) is 0 Å². The van der Waals surface area contributed by atoms with Gasteiger partial charge in [0.1, 0.15) is 5.75 Å². The third-order valence-corrected chi connectivity index (χ3v) is 4.43. The van der Waals surface area contributed by atoms with Crippen LogP contribution in [0.1, 0.15) is 24.0 Å². The van der Waals surface area contributed by atoms with Crippen LogP contribution >= 0.6 is 0 Å². The van der Waals surface area contributed by atoms with Gasteiger partial charge in [-0.15, -0.1) is 0 Å². The monoisotopic (exact) mass is 248 g/mol. The number of hydrogen-bond acceptors (Lipinski definition) is 3. The van der Waals surface area contributed by atoms with Crippen LogP contribution in [0.4, 0.5) is 0 Å². The summed E-state index contributed by atoms with van der Waals surface area (Å²) in [6, 6.07) is 6.19. The zero-order valence-electron chi connectivity index (χ0n) is 10.8. The maximum absolute atomic E-state index is 10.9. The zero-order chi connectivity index (χ0) is 12.6. The average molecular weight is 248 g/mol. The maximum Gasteiger partial charge on any atom is 0.119 e. The first-order chi connectivity index (χ1) is 8.71. The van der Waals surface area contributed by atoms with Gasteiger partial charge in [-0.1, -0.05) is 6.07 Å². The van der Waals surface area contributed by atoms with Crippen molar-refractivity contribution in [3.05, 3.63) is 29.3 Å². The normalized spacial score (nSPS) is 31.1. The predicted octanol–water partition coefficient (Wildman–Crippen LogP) is 1.95. The van der Waals surface area contributed by atoms with E-state index in [2.05, 4.69) is 12.1 Å². The molecule has 1 saturated heterocycles. The molecule has 1 heterocycles. The highest BCUT2D eigenvalue weighted by Crippen LogP contribution is 2.38. The minimum absolute atomic E-state index is 0.289. The van der Waals surface area contributed by atoms with Crippen molar-refractivity contribution in [3.8, 4) is 5.75 Å². The molecule has 3 nitrogen and oxygen atoms in total. The van der Waals surface area contributed by atoms with E-state index >= 15 is 0 Å². The number of aryl methyl sites for hydroxylation is 1. The standard InChI is InChI=1S/C15H20O3/c1-17-14-3-2-11-4-6-15(16,9-12(11)8-14)13-5-7-18-10-13/h2-3,8,13,16H,4-7,9-10H2,1H3. The number of rotatable bonds is 2. The fourth-order valence-corrected chi connectivity index (χ4v) is 3.21. The van der Waals surface area contributed by atoms with Crippen LogP contribution in [0.3, 0.4) is 0 Å². The minimum atomic E-state index is -0.587. The van der Waals surface area contributed by atoms with Crippen molar-refractivity contribution in [3.63, 3.8) is 0 Å². The molecule has 0 aromatic heterocycles. The Morgan fingerprint density at radius 2 is 2.28 bits per heavy atom. The molecule has 0 saturated carbocycles. The Morgan fingerprint density at radius 1 is 1.39 bits per heavy atom. The molecule has 18 heavy (non-hydrogen) atoms. The van der Waals surface area contributed by atoms with Gasteiger partial charge in [0.15, 0.2) is 0 Å². The largest absolute Gasteiger partial charge is 0.497 e. The first kappa shape index (κ1) is 12.0. The molecule has 1 fully saturated rings. The number of methoxy groups -OCH3 is 1. The molecule has 0 bridgehead atoms. The van der Waals surface area contributed by atoms with E-state index < -0.39 is 5.60 Å². The summed E-state index contributed by atoms with van der Waals surface area (Å²) in [5, 5.41) is 10.9. The summed E-state index contributed by atoms with van der Waals surface area (Å²) in [6.45, 7) is 1.49. The topological polar surface area (TPSA) is 38.7 Å². The van der Waals surface area contributed by atoms with Crippen molar-refractivity contribution in [2.45, 2.75) is 31.3 Å². The lowest BCUT2D eigenvalue weighted by Crippen LogP contribution is -2.43. The lowest BCUT2D eigenvalue weighted by Gasteiger charge is -2.37. The summed E-state index contributed by atoms with van der Waals surface area (Å²) >= 11 is 0. The fraction of sp³-hybridized carbons (Fsp3) is 0.600. The number of aliphatic hydroxyl groups is 1. The molecule has 1 N–H and O–H groups in total. The van der Waals surface area contributed by atoms with Crippen LogP contribution in [0, 0.1) is 5.92 Å². The molecule has 0 radical (unpaired) electrons. The predicted molar refractivity (Wildman–Crippen MR) is 68.9 cm³/mol. The molecule has 2 aliphatic rings. The van der Waals surface area contributed by atoms with Gasteiger partial charge in [-0.3, -0.25) is 0 Å². The van der Waals surface area contributed by atoms with Crippen LogP contribution < -0.4 is 4.74 Å². The summed E-state index contributed by atoms with van der Waals surface area (Å²) in [7, 11) is 1.68. The molecule has 0 spiro atoms. The van der Waals surface area contributed by atoms with Gasteiger partial charge in [0, 0.05) is 18.9 Å². The first-order valence-electron chi connectivity index (χ1n) is 6.67. The molecule has 98 valence electrons. The van der Waals surface area contributed by atoms with Crippen LogP contribution in [0.25, 0.3) is 0 Å². The van der Waals surface area contributed by atoms with Gasteiger partial charge in [0.05, 0.1) is 19.3 Å². The van der Waals surface area contributed by atoms with Gasteiger partial charge < -0.3 is 14.6 Å². The maximum atomic E-state index is 10.9. The van der Waals surface area contributed by atoms with Crippen molar-refractivity contribution < 1.29 is 14.6 Å². The van der Waals surface area contributed by atoms with Gasteiger partial charge in [-0.25, -0.2) is 0 Å². The molecule has 2 atom stereocenters. The van der Waals surface area contributed by atoms with Gasteiger partial charge in [0.25, 0.3) is 0 Å². The van der Waals surface area contributed by atoms with Crippen LogP contribution in [0.5, 0.6) is 5.75 Å². The smallest absolute Gasteiger partial charge is 0.119 e. The number of hydrogen-bond donors (Lipinski definition) is 1. The van der Waals surface area contributed by atoms with Gasteiger partial charge >= 0.3 is 0 Å². The molecular weight excluding hydrogens is 228 g/mol. The highest BCUT2D eigenvalue weighted by atomic mass is 16.5. The average Bonchev–Trinajstić information content (AvgIpc) is 2.92. The second-order valence-electron chi connectivity index (χ2n) is 5.48. The number of ether oxygens (including phenoxy) is 2. The van der Waals surface area contributed by atoms with E-state index in [1.807, 2.05) is 6.07 Å². The van der Waals surface area contributed by atoms with E-state index in [9.17, 15) is 5.11 Å². The summed E-state index contributed by atoms with van der Waals surface area (Å²) in [5.74, 6) is 1.16. The van der Waals surface area contributed by atoms with Crippen LogP contribution in [0.2, 0.25) is 0 Å². The molecule has 1 aliphatic heterocycles. The quantitative estimate of drug-likeness (QED) is 0.869. The molecular formula is C15H20O3. The molecule has 3 heteroatoms. The molecule has 0 amide bonds. The summed E-state index contributed by atoms with van der Waals surface area (Å²) < 4.78 is 10.7. The Bertz CT molecular complexity index is 437. The molecule has 1 aliphatic carbocycles. The van der Waals surface area contributed by atoms with Crippen molar-refractivity contribution in [2.24, 2.45) is 5.92 Å². The van der Waals surface area contributed by atoms with E-state index in [0.29, 0.717) is 6.61 Å². The molecule has 3 rings (SSSR count). The molecule has 2 unspecified atom stereocenters. The van der Waals surface area contributed by atoms with Crippen LogP contribution in [-0.2, 0) is 17.6 Å². The molecule has 1 aromatic rings. The summed E-state index contributed by atoms with van der Waals surface area (Å²) in [6.07, 6.45) is 3.51. The number of fused-ring (bicyclic) bond motifs is 1. The Kier molecular flexibility index (Phi) is 3.04. The highest BCUT2D eigenvalue weighted by molar-refractivity contribution is 5.38. The van der Waals surface area contributed by atoms with E-state index in [1.54, 1.807) is 7.11 Å². The van der Waals surface area contributed by atoms with Crippen molar-refractivity contribution in [1.29, 1.82) is 0 Å².